The molecule has 1 aromatic carbocycles. The van der Waals surface area contributed by atoms with Gasteiger partial charge in [0.05, 0.1) is 31.8 Å². The molecule has 0 N–H and O–H groups in total. The van der Waals surface area contributed by atoms with Crippen molar-refractivity contribution in [1.82, 2.24) is 0 Å². The molecule has 1 rings (SSSR count). The van der Waals surface area contributed by atoms with Gasteiger partial charge in [0, 0.05) is 10.9 Å². The lowest BCUT2D eigenvalue weighted by Crippen LogP contribution is -2.12. The van der Waals surface area contributed by atoms with E-state index in [1.165, 1.54) is 6.92 Å². The first kappa shape index (κ1) is 21.5. The van der Waals surface area contributed by atoms with Crippen molar-refractivity contribution in [1.29, 1.82) is 0 Å². The van der Waals surface area contributed by atoms with Gasteiger partial charge in [-0.25, -0.2) is 0 Å². The van der Waals surface area contributed by atoms with Crippen LogP contribution >= 0.6 is 15.9 Å². The molecule has 5 nitrogen and oxygen atoms in total. The fourth-order valence-corrected chi connectivity index (χ4v) is 2.61. The van der Waals surface area contributed by atoms with Gasteiger partial charge in [0.1, 0.15) is 11.5 Å². The third kappa shape index (κ3) is 7.06. The molecule has 0 bridgehead atoms. The van der Waals surface area contributed by atoms with Crippen molar-refractivity contribution in [3.63, 3.8) is 0 Å². The van der Waals surface area contributed by atoms with Gasteiger partial charge < -0.3 is 14.2 Å². The van der Waals surface area contributed by atoms with Gasteiger partial charge in [0.25, 0.3) is 0 Å². The van der Waals surface area contributed by atoms with E-state index >= 15 is 0 Å². The molecule has 0 heterocycles. The topological polar surface area (TPSA) is 61.8 Å². The Morgan fingerprint density at radius 3 is 2.48 bits per heavy atom. The maximum atomic E-state index is 12.0. The molecule has 6 heteroatoms. The molecule has 0 radical (unpaired) electrons. The van der Waals surface area contributed by atoms with Gasteiger partial charge in [0.2, 0.25) is 0 Å². The van der Waals surface area contributed by atoms with E-state index in [0.717, 1.165) is 30.2 Å². The second-order valence-corrected chi connectivity index (χ2v) is 6.31. The molecular weight excluding hydrogens is 388 g/mol. The number of Topliss-reactive ketones (excluding diaryl/α,β-unsaturated/α-hetero) is 1. The Morgan fingerprint density at radius 2 is 1.88 bits per heavy atom. The fourth-order valence-electron chi connectivity index (χ4n) is 2.38. The Balaban J connectivity index is 3.00. The molecule has 1 aromatic rings. The van der Waals surface area contributed by atoms with E-state index in [2.05, 4.69) is 22.9 Å². The zero-order valence-corrected chi connectivity index (χ0v) is 16.8. The predicted octanol–water partition coefficient (Wildman–Crippen LogP) is 4.34. The quantitative estimate of drug-likeness (QED) is 0.220. The zero-order valence-electron chi connectivity index (χ0n) is 15.2. The van der Waals surface area contributed by atoms with Crippen LogP contribution in [0.2, 0.25) is 0 Å². The summed E-state index contributed by atoms with van der Waals surface area (Å²) >= 11 is 3.38. The van der Waals surface area contributed by atoms with Crippen molar-refractivity contribution >= 4 is 27.7 Å². The summed E-state index contributed by atoms with van der Waals surface area (Å²) in [6, 6.07) is 3.51. The van der Waals surface area contributed by atoms with Crippen LogP contribution in [0.1, 0.15) is 56.0 Å². The molecule has 0 saturated heterocycles. The maximum absolute atomic E-state index is 12.0. The third-order valence-electron chi connectivity index (χ3n) is 3.49. The Labute approximate surface area is 158 Å². The van der Waals surface area contributed by atoms with E-state index in [4.69, 9.17) is 14.2 Å². The highest BCUT2D eigenvalue weighted by Crippen LogP contribution is 2.34. The van der Waals surface area contributed by atoms with E-state index in [1.807, 2.05) is 0 Å². The standard InChI is InChI=1S/C19H27BrO5/c1-4-7-16-17(24-13-10-18(22)23-5-2)9-8-15(14(3)21)19(16)25-12-6-11-20/h8-9H,4-7,10-13H2,1-3H3. The number of esters is 1. The number of benzene rings is 1. The smallest absolute Gasteiger partial charge is 0.309 e. The lowest BCUT2D eigenvalue weighted by Gasteiger charge is -2.18. The normalized spacial score (nSPS) is 10.4. The number of alkyl halides is 1. The summed E-state index contributed by atoms with van der Waals surface area (Å²) in [5.41, 5.74) is 1.45. The number of hydrogen-bond donors (Lipinski definition) is 0. The average molecular weight is 415 g/mol. The van der Waals surface area contributed by atoms with Gasteiger partial charge in [-0.2, -0.15) is 0 Å². The maximum Gasteiger partial charge on any atom is 0.309 e. The molecule has 0 spiro atoms. The second kappa shape index (κ2) is 11.9. The molecule has 0 aliphatic rings. The minimum Gasteiger partial charge on any atom is -0.493 e. The summed E-state index contributed by atoms with van der Waals surface area (Å²) < 4.78 is 16.6. The summed E-state index contributed by atoms with van der Waals surface area (Å²) in [6.07, 6.45) is 2.66. The minimum atomic E-state index is -0.284. The molecular formula is C19H27BrO5. The van der Waals surface area contributed by atoms with Gasteiger partial charge >= 0.3 is 5.97 Å². The highest BCUT2D eigenvalue weighted by molar-refractivity contribution is 9.09. The van der Waals surface area contributed by atoms with Crippen LogP contribution < -0.4 is 9.47 Å². The molecule has 0 amide bonds. The molecule has 0 atom stereocenters. The molecule has 0 aliphatic carbocycles. The van der Waals surface area contributed by atoms with Crippen molar-refractivity contribution in [3.05, 3.63) is 23.3 Å². The van der Waals surface area contributed by atoms with Crippen molar-refractivity contribution in [3.8, 4) is 11.5 Å². The van der Waals surface area contributed by atoms with Crippen molar-refractivity contribution in [2.24, 2.45) is 0 Å². The van der Waals surface area contributed by atoms with Gasteiger partial charge in [-0.05, 0) is 38.8 Å². The van der Waals surface area contributed by atoms with Crippen molar-refractivity contribution in [2.75, 3.05) is 25.2 Å². The summed E-state index contributed by atoms with van der Waals surface area (Å²) in [5, 5.41) is 0.835. The van der Waals surface area contributed by atoms with E-state index in [-0.39, 0.29) is 24.8 Å². The lowest BCUT2D eigenvalue weighted by atomic mass is 10.0. The third-order valence-corrected chi connectivity index (χ3v) is 4.05. The molecule has 0 aromatic heterocycles. The first-order chi connectivity index (χ1) is 12.0. The second-order valence-electron chi connectivity index (χ2n) is 5.52. The molecule has 140 valence electrons. The molecule has 0 fully saturated rings. The fraction of sp³-hybridized carbons (Fsp3) is 0.579. The minimum absolute atomic E-state index is 0.0377. The number of ketones is 1. The zero-order chi connectivity index (χ0) is 18.7. The van der Waals surface area contributed by atoms with Crippen molar-refractivity contribution < 1.29 is 23.8 Å². The molecule has 0 aliphatic heterocycles. The number of halogens is 1. The van der Waals surface area contributed by atoms with Crippen LogP contribution in [0, 0.1) is 0 Å². The monoisotopic (exact) mass is 414 g/mol. The van der Waals surface area contributed by atoms with Gasteiger partial charge in [-0.15, -0.1) is 0 Å². The van der Waals surface area contributed by atoms with Crippen LogP contribution in [-0.2, 0) is 16.0 Å². The largest absolute Gasteiger partial charge is 0.493 e. The van der Waals surface area contributed by atoms with Crippen molar-refractivity contribution in [2.45, 2.75) is 46.5 Å². The molecule has 25 heavy (non-hydrogen) atoms. The van der Waals surface area contributed by atoms with E-state index < -0.39 is 0 Å². The first-order valence-electron chi connectivity index (χ1n) is 8.69. The Hall–Kier alpha value is -1.56. The highest BCUT2D eigenvalue weighted by Gasteiger charge is 2.18. The number of carbonyl (C=O) groups excluding carboxylic acids is 2. The molecule has 0 unspecified atom stereocenters. The van der Waals surface area contributed by atoms with E-state index in [9.17, 15) is 9.59 Å². The number of carbonyl (C=O) groups is 2. The summed E-state index contributed by atoms with van der Waals surface area (Å²) in [6.45, 7) is 6.48. The Kier molecular flexibility index (Phi) is 10.2. The van der Waals surface area contributed by atoms with Crippen LogP contribution in [0.4, 0.5) is 0 Å². The number of ether oxygens (including phenoxy) is 3. The van der Waals surface area contributed by atoms with Gasteiger partial charge in [0.15, 0.2) is 5.78 Å². The summed E-state index contributed by atoms with van der Waals surface area (Å²) in [4.78, 5) is 23.4. The number of hydrogen-bond acceptors (Lipinski definition) is 5. The lowest BCUT2D eigenvalue weighted by molar-refractivity contribution is -0.143. The SMILES string of the molecule is CCCc1c(OCCC(=O)OCC)ccc(C(C)=O)c1OCCCBr. The number of rotatable bonds is 12. The predicted molar refractivity (Wildman–Crippen MR) is 101 cm³/mol. The van der Waals surface area contributed by atoms with Gasteiger partial charge in [-0.3, -0.25) is 9.59 Å². The van der Waals surface area contributed by atoms with Crippen LogP contribution in [0.15, 0.2) is 12.1 Å². The van der Waals surface area contributed by atoms with Gasteiger partial charge in [-0.1, -0.05) is 29.3 Å². The Bertz CT molecular complexity index is 571. The van der Waals surface area contributed by atoms with E-state index in [1.54, 1.807) is 19.1 Å². The van der Waals surface area contributed by atoms with Crippen LogP contribution in [0.25, 0.3) is 0 Å². The van der Waals surface area contributed by atoms with E-state index in [0.29, 0.717) is 30.3 Å². The Morgan fingerprint density at radius 1 is 1.12 bits per heavy atom. The van der Waals surface area contributed by atoms with Crippen LogP contribution in [0.3, 0.4) is 0 Å². The summed E-state index contributed by atoms with van der Waals surface area (Å²) in [7, 11) is 0. The van der Waals surface area contributed by atoms with Crippen LogP contribution in [0.5, 0.6) is 11.5 Å². The first-order valence-corrected chi connectivity index (χ1v) is 9.81. The summed E-state index contributed by atoms with van der Waals surface area (Å²) in [5.74, 6) is 0.937. The van der Waals surface area contributed by atoms with Crippen LogP contribution in [-0.4, -0.2) is 36.9 Å². The molecule has 0 saturated carbocycles. The highest BCUT2D eigenvalue weighted by atomic mass is 79.9. The average Bonchev–Trinajstić information content (AvgIpc) is 2.57.